The standard InChI is InChI=1S/C11H26N2/c1-4-5-9-13(3)10-11(2)7-6-8-12/h11H,4-10,12H2,1-3H3. The number of nitrogens with zero attached hydrogens (tertiary/aromatic N) is 1. The van der Waals surface area contributed by atoms with Crippen LogP contribution in [0.2, 0.25) is 0 Å². The zero-order chi connectivity index (χ0) is 10.1. The lowest BCUT2D eigenvalue weighted by Gasteiger charge is -2.20. The Hall–Kier alpha value is -0.0800. The average Bonchev–Trinajstić information content (AvgIpc) is 2.11. The predicted octanol–water partition coefficient (Wildman–Crippen LogP) is 2.09. The summed E-state index contributed by atoms with van der Waals surface area (Å²) in [5, 5.41) is 0. The summed E-state index contributed by atoms with van der Waals surface area (Å²) >= 11 is 0. The highest BCUT2D eigenvalue weighted by atomic mass is 15.1. The highest BCUT2D eigenvalue weighted by Crippen LogP contribution is 2.06. The minimum Gasteiger partial charge on any atom is -0.330 e. The third kappa shape index (κ3) is 8.26. The largest absolute Gasteiger partial charge is 0.330 e. The van der Waals surface area contributed by atoms with Crippen molar-refractivity contribution in [3.63, 3.8) is 0 Å². The van der Waals surface area contributed by atoms with E-state index < -0.39 is 0 Å². The van der Waals surface area contributed by atoms with Crippen molar-refractivity contribution in [2.75, 3.05) is 26.7 Å². The normalized spacial score (nSPS) is 13.6. The Kier molecular flexibility index (Phi) is 8.46. The second-order valence-corrected chi connectivity index (χ2v) is 4.15. The van der Waals surface area contributed by atoms with Crippen LogP contribution in [0.3, 0.4) is 0 Å². The second-order valence-electron chi connectivity index (χ2n) is 4.15. The number of nitrogens with two attached hydrogens (primary N) is 1. The number of rotatable bonds is 8. The Labute approximate surface area is 83.5 Å². The molecule has 0 saturated heterocycles. The molecule has 0 bridgehead atoms. The third-order valence-electron chi connectivity index (χ3n) is 2.42. The van der Waals surface area contributed by atoms with Gasteiger partial charge in [0.25, 0.3) is 0 Å². The fourth-order valence-corrected chi connectivity index (χ4v) is 1.61. The first kappa shape index (κ1) is 12.9. The average molecular weight is 186 g/mol. The molecular formula is C11H26N2. The van der Waals surface area contributed by atoms with Gasteiger partial charge in [0, 0.05) is 6.54 Å². The van der Waals surface area contributed by atoms with Gasteiger partial charge < -0.3 is 10.6 Å². The van der Waals surface area contributed by atoms with E-state index in [0.29, 0.717) is 0 Å². The van der Waals surface area contributed by atoms with E-state index in [2.05, 4.69) is 25.8 Å². The van der Waals surface area contributed by atoms with Gasteiger partial charge in [-0.1, -0.05) is 20.3 Å². The monoisotopic (exact) mass is 186 g/mol. The van der Waals surface area contributed by atoms with Crippen molar-refractivity contribution in [3.05, 3.63) is 0 Å². The van der Waals surface area contributed by atoms with E-state index in [4.69, 9.17) is 5.73 Å². The molecule has 0 rings (SSSR count). The van der Waals surface area contributed by atoms with Crippen LogP contribution in [0.1, 0.15) is 39.5 Å². The van der Waals surface area contributed by atoms with Crippen LogP contribution < -0.4 is 5.73 Å². The summed E-state index contributed by atoms with van der Waals surface area (Å²) in [6.45, 7) is 7.86. The second kappa shape index (κ2) is 8.52. The van der Waals surface area contributed by atoms with Crippen LogP contribution in [0.15, 0.2) is 0 Å². The van der Waals surface area contributed by atoms with Gasteiger partial charge in [-0.2, -0.15) is 0 Å². The van der Waals surface area contributed by atoms with Crippen molar-refractivity contribution in [2.24, 2.45) is 11.7 Å². The Morgan fingerprint density at radius 2 is 2.00 bits per heavy atom. The fourth-order valence-electron chi connectivity index (χ4n) is 1.61. The van der Waals surface area contributed by atoms with E-state index in [1.807, 2.05) is 0 Å². The Morgan fingerprint density at radius 1 is 1.31 bits per heavy atom. The van der Waals surface area contributed by atoms with Gasteiger partial charge in [0.15, 0.2) is 0 Å². The summed E-state index contributed by atoms with van der Waals surface area (Å²) in [4.78, 5) is 2.44. The van der Waals surface area contributed by atoms with Gasteiger partial charge in [0.05, 0.1) is 0 Å². The van der Waals surface area contributed by atoms with Gasteiger partial charge in [0.1, 0.15) is 0 Å². The van der Waals surface area contributed by atoms with Crippen molar-refractivity contribution in [2.45, 2.75) is 39.5 Å². The first-order valence-electron chi connectivity index (χ1n) is 5.59. The lowest BCUT2D eigenvalue weighted by molar-refractivity contribution is 0.273. The zero-order valence-corrected chi connectivity index (χ0v) is 9.55. The molecule has 0 aromatic heterocycles. The Bertz CT molecular complexity index is 92.3. The Morgan fingerprint density at radius 3 is 2.54 bits per heavy atom. The van der Waals surface area contributed by atoms with Crippen LogP contribution >= 0.6 is 0 Å². The molecule has 0 heterocycles. The molecule has 1 unspecified atom stereocenters. The molecule has 0 aromatic carbocycles. The van der Waals surface area contributed by atoms with Gasteiger partial charge in [0.2, 0.25) is 0 Å². The van der Waals surface area contributed by atoms with Crippen LogP contribution in [0.25, 0.3) is 0 Å². The molecule has 0 aliphatic heterocycles. The molecule has 2 nitrogen and oxygen atoms in total. The number of hydrogen-bond donors (Lipinski definition) is 1. The zero-order valence-electron chi connectivity index (χ0n) is 9.55. The number of unbranched alkanes of at least 4 members (excludes halogenated alkanes) is 1. The van der Waals surface area contributed by atoms with Crippen molar-refractivity contribution >= 4 is 0 Å². The molecule has 0 fully saturated rings. The highest BCUT2D eigenvalue weighted by molar-refractivity contribution is 4.59. The molecule has 1 atom stereocenters. The predicted molar refractivity (Wildman–Crippen MR) is 59.9 cm³/mol. The molecule has 0 spiro atoms. The molecular weight excluding hydrogens is 160 g/mol. The lowest BCUT2D eigenvalue weighted by atomic mass is 10.1. The van der Waals surface area contributed by atoms with Gasteiger partial charge in [-0.15, -0.1) is 0 Å². The summed E-state index contributed by atoms with van der Waals surface area (Å²) < 4.78 is 0. The van der Waals surface area contributed by atoms with Crippen LogP contribution in [0.4, 0.5) is 0 Å². The van der Waals surface area contributed by atoms with Gasteiger partial charge in [-0.05, 0) is 45.3 Å². The molecule has 13 heavy (non-hydrogen) atoms. The Balaban J connectivity index is 3.35. The maximum absolute atomic E-state index is 5.47. The lowest BCUT2D eigenvalue weighted by Crippen LogP contribution is -2.25. The quantitative estimate of drug-likeness (QED) is 0.629. The maximum Gasteiger partial charge on any atom is 0.000398 e. The first-order chi connectivity index (χ1) is 6.20. The van der Waals surface area contributed by atoms with E-state index in [9.17, 15) is 0 Å². The summed E-state index contributed by atoms with van der Waals surface area (Å²) in [5.74, 6) is 0.797. The summed E-state index contributed by atoms with van der Waals surface area (Å²) in [7, 11) is 2.22. The summed E-state index contributed by atoms with van der Waals surface area (Å²) in [6.07, 6.45) is 5.05. The van der Waals surface area contributed by atoms with Crippen molar-refractivity contribution in [1.82, 2.24) is 4.90 Å². The van der Waals surface area contributed by atoms with Crippen molar-refractivity contribution in [1.29, 1.82) is 0 Å². The van der Waals surface area contributed by atoms with Crippen LogP contribution in [-0.4, -0.2) is 31.6 Å². The summed E-state index contributed by atoms with van der Waals surface area (Å²) in [6, 6.07) is 0. The minimum atomic E-state index is 0.797. The van der Waals surface area contributed by atoms with Crippen LogP contribution in [0.5, 0.6) is 0 Å². The number of hydrogen-bond acceptors (Lipinski definition) is 2. The SMILES string of the molecule is CCCCN(C)CC(C)CCCN. The van der Waals surface area contributed by atoms with E-state index in [-0.39, 0.29) is 0 Å². The van der Waals surface area contributed by atoms with Crippen molar-refractivity contribution < 1.29 is 0 Å². The van der Waals surface area contributed by atoms with Gasteiger partial charge in [-0.25, -0.2) is 0 Å². The molecule has 0 amide bonds. The molecule has 0 aromatic rings. The van der Waals surface area contributed by atoms with E-state index in [0.717, 1.165) is 12.5 Å². The molecule has 2 heteroatoms. The first-order valence-corrected chi connectivity index (χ1v) is 5.59. The van der Waals surface area contributed by atoms with Crippen molar-refractivity contribution in [3.8, 4) is 0 Å². The van der Waals surface area contributed by atoms with Crippen LogP contribution in [0, 0.1) is 5.92 Å². The molecule has 80 valence electrons. The molecule has 2 N–H and O–H groups in total. The fraction of sp³-hybridized carbons (Fsp3) is 1.00. The van der Waals surface area contributed by atoms with E-state index in [1.165, 1.54) is 38.8 Å². The topological polar surface area (TPSA) is 29.3 Å². The maximum atomic E-state index is 5.47. The third-order valence-corrected chi connectivity index (χ3v) is 2.42. The smallest absolute Gasteiger partial charge is 0.000398 e. The van der Waals surface area contributed by atoms with Gasteiger partial charge >= 0.3 is 0 Å². The highest BCUT2D eigenvalue weighted by Gasteiger charge is 2.04. The van der Waals surface area contributed by atoms with Gasteiger partial charge in [-0.3, -0.25) is 0 Å². The van der Waals surface area contributed by atoms with Crippen LogP contribution in [-0.2, 0) is 0 Å². The molecule has 0 radical (unpaired) electrons. The van der Waals surface area contributed by atoms with E-state index in [1.54, 1.807) is 0 Å². The molecule has 0 aliphatic carbocycles. The molecule has 0 saturated carbocycles. The minimum absolute atomic E-state index is 0.797. The molecule has 0 aliphatic rings. The summed E-state index contributed by atoms with van der Waals surface area (Å²) in [5.41, 5.74) is 5.47. The van der Waals surface area contributed by atoms with E-state index >= 15 is 0 Å².